The molecule has 0 bridgehead atoms. The third kappa shape index (κ3) is 2.98. The second-order valence-corrected chi connectivity index (χ2v) is 6.43. The highest BCUT2D eigenvalue weighted by Gasteiger charge is 2.53. The first-order valence-electron chi connectivity index (χ1n) is 7.31. The lowest BCUT2D eigenvalue weighted by Crippen LogP contribution is -2.52. The summed E-state index contributed by atoms with van der Waals surface area (Å²) in [5, 5.41) is 0. The van der Waals surface area contributed by atoms with Gasteiger partial charge in [-0.2, -0.15) is 0 Å². The van der Waals surface area contributed by atoms with E-state index in [1.807, 2.05) is 0 Å². The third-order valence-corrected chi connectivity index (χ3v) is 3.96. The van der Waals surface area contributed by atoms with E-state index in [1.165, 1.54) is 28.1 Å². The van der Waals surface area contributed by atoms with Crippen molar-refractivity contribution in [2.45, 2.75) is 38.9 Å². The Bertz CT molecular complexity index is 590. The van der Waals surface area contributed by atoms with Gasteiger partial charge in [0.25, 0.3) is 5.79 Å². The molecule has 1 aliphatic heterocycles. The van der Waals surface area contributed by atoms with Crippen LogP contribution in [0, 0.1) is 5.92 Å². The van der Waals surface area contributed by atoms with Gasteiger partial charge in [-0.25, -0.2) is 0 Å². The molecule has 0 unspecified atom stereocenters. The number of esters is 2. The molecule has 0 spiro atoms. The fourth-order valence-electron chi connectivity index (χ4n) is 2.94. The van der Waals surface area contributed by atoms with E-state index < -0.39 is 29.1 Å². The zero-order valence-electron chi connectivity index (χ0n) is 14.3. The molecule has 0 aliphatic carbocycles. The smallest absolute Gasteiger partial charge is 0.324 e. The highest BCUT2D eigenvalue weighted by molar-refractivity contribution is 5.98. The summed E-state index contributed by atoms with van der Waals surface area (Å²) >= 11 is 0. The summed E-state index contributed by atoms with van der Waals surface area (Å²) in [7, 11) is 3.05. The van der Waals surface area contributed by atoms with Crippen LogP contribution in [0.25, 0.3) is 0 Å². The lowest BCUT2D eigenvalue weighted by atomic mass is 9.72. The molecule has 23 heavy (non-hydrogen) atoms. The Morgan fingerprint density at radius 2 is 1.43 bits per heavy atom. The van der Waals surface area contributed by atoms with Crippen LogP contribution in [0.4, 0.5) is 0 Å². The van der Waals surface area contributed by atoms with Gasteiger partial charge < -0.3 is 18.9 Å². The van der Waals surface area contributed by atoms with E-state index in [1.54, 1.807) is 32.0 Å². The Balaban J connectivity index is 2.54. The molecule has 1 heterocycles. The number of benzene rings is 1. The molecule has 6 nitrogen and oxygen atoms in total. The number of cyclic esters (lactones) is 2. The number of methoxy groups -OCH3 is 2. The van der Waals surface area contributed by atoms with E-state index in [9.17, 15) is 9.59 Å². The van der Waals surface area contributed by atoms with Crippen LogP contribution in [-0.2, 0) is 24.5 Å². The molecular formula is C17H22O6. The van der Waals surface area contributed by atoms with Gasteiger partial charge in [-0.15, -0.1) is 0 Å². The second-order valence-electron chi connectivity index (χ2n) is 6.43. The summed E-state index contributed by atoms with van der Waals surface area (Å²) < 4.78 is 21.3. The average Bonchev–Trinajstić information content (AvgIpc) is 2.43. The number of carbonyl (C=O) groups is 2. The van der Waals surface area contributed by atoms with Crippen molar-refractivity contribution in [3.63, 3.8) is 0 Å². The minimum Gasteiger partial charge on any atom is -0.496 e. The molecule has 0 radical (unpaired) electrons. The van der Waals surface area contributed by atoms with Gasteiger partial charge in [0.05, 0.1) is 14.2 Å². The van der Waals surface area contributed by atoms with Crippen molar-refractivity contribution in [2.75, 3.05) is 14.2 Å². The van der Waals surface area contributed by atoms with Crippen molar-refractivity contribution in [1.82, 2.24) is 0 Å². The second kappa shape index (κ2) is 5.76. The standard InChI is InChI=1S/C17H22O6/c1-16(2,12-10(20-5)8-7-9-11(12)21-6)13-14(18)22-17(3,4)23-15(13)19/h7-9,13H,1-6H3. The van der Waals surface area contributed by atoms with Crippen LogP contribution in [-0.4, -0.2) is 31.9 Å². The molecular weight excluding hydrogens is 300 g/mol. The molecule has 0 amide bonds. The largest absolute Gasteiger partial charge is 0.496 e. The lowest BCUT2D eigenvalue weighted by Gasteiger charge is -2.40. The van der Waals surface area contributed by atoms with Gasteiger partial charge in [0.1, 0.15) is 11.5 Å². The van der Waals surface area contributed by atoms with E-state index >= 15 is 0 Å². The van der Waals surface area contributed by atoms with Gasteiger partial charge in [0.15, 0.2) is 5.92 Å². The molecule has 1 aliphatic rings. The Labute approximate surface area is 135 Å². The number of rotatable bonds is 4. The fraction of sp³-hybridized carbons (Fsp3) is 0.529. The van der Waals surface area contributed by atoms with Crippen molar-refractivity contribution in [1.29, 1.82) is 0 Å². The maximum absolute atomic E-state index is 12.4. The molecule has 1 fully saturated rings. The fourth-order valence-corrected chi connectivity index (χ4v) is 2.94. The summed E-state index contributed by atoms with van der Waals surface area (Å²) in [6.07, 6.45) is 0. The summed E-state index contributed by atoms with van der Waals surface area (Å²) in [5.41, 5.74) is -0.327. The van der Waals surface area contributed by atoms with Gasteiger partial charge in [0, 0.05) is 24.8 Å². The molecule has 0 atom stereocenters. The predicted molar refractivity (Wildman–Crippen MR) is 82.3 cm³/mol. The van der Waals surface area contributed by atoms with Gasteiger partial charge >= 0.3 is 11.9 Å². The summed E-state index contributed by atoms with van der Waals surface area (Å²) in [5.74, 6) is -2.56. The van der Waals surface area contributed by atoms with E-state index in [2.05, 4.69) is 0 Å². The molecule has 6 heteroatoms. The zero-order chi connectivity index (χ0) is 17.4. The molecule has 126 valence electrons. The SMILES string of the molecule is COc1cccc(OC)c1C(C)(C)C1C(=O)OC(C)(C)OC1=O. The van der Waals surface area contributed by atoms with Gasteiger partial charge in [-0.3, -0.25) is 9.59 Å². The molecule has 1 saturated heterocycles. The van der Waals surface area contributed by atoms with Crippen LogP contribution in [0.5, 0.6) is 11.5 Å². The lowest BCUT2D eigenvalue weighted by molar-refractivity contribution is -0.243. The van der Waals surface area contributed by atoms with Gasteiger partial charge in [-0.1, -0.05) is 19.9 Å². The first kappa shape index (κ1) is 17.1. The van der Waals surface area contributed by atoms with Crippen molar-refractivity contribution >= 4 is 11.9 Å². The van der Waals surface area contributed by atoms with Crippen LogP contribution in [0.15, 0.2) is 18.2 Å². The average molecular weight is 322 g/mol. The topological polar surface area (TPSA) is 71.1 Å². The molecule has 2 rings (SSSR count). The van der Waals surface area contributed by atoms with Crippen LogP contribution in [0.2, 0.25) is 0 Å². The van der Waals surface area contributed by atoms with Crippen LogP contribution in [0.1, 0.15) is 33.3 Å². The van der Waals surface area contributed by atoms with Crippen LogP contribution < -0.4 is 9.47 Å². The first-order chi connectivity index (χ1) is 10.6. The molecule has 1 aromatic rings. The first-order valence-corrected chi connectivity index (χ1v) is 7.31. The predicted octanol–water partition coefficient (Wildman–Crippen LogP) is 2.43. The normalized spacial score (nSPS) is 18.2. The van der Waals surface area contributed by atoms with Crippen molar-refractivity contribution < 1.29 is 28.5 Å². The number of ether oxygens (including phenoxy) is 4. The maximum atomic E-state index is 12.4. The van der Waals surface area contributed by atoms with Crippen LogP contribution in [0.3, 0.4) is 0 Å². The van der Waals surface area contributed by atoms with E-state index in [0.29, 0.717) is 17.1 Å². The minimum absolute atomic E-state index is 0.528. The molecule has 0 N–H and O–H groups in total. The third-order valence-electron chi connectivity index (χ3n) is 3.96. The minimum atomic E-state index is -1.26. The Morgan fingerprint density at radius 1 is 1.00 bits per heavy atom. The quantitative estimate of drug-likeness (QED) is 0.626. The monoisotopic (exact) mass is 322 g/mol. The van der Waals surface area contributed by atoms with Crippen LogP contribution >= 0.6 is 0 Å². The molecule has 0 saturated carbocycles. The Hall–Kier alpha value is -2.24. The van der Waals surface area contributed by atoms with Crippen molar-refractivity contribution in [2.24, 2.45) is 5.92 Å². The van der Waals surface area contributed by atoms with Crippen molar-refractivity contribution in [3.8, 4) is 11.5 Å². The maximum Gasteiger partial charge on any atom is 0.324 e. The molecule has 1 aromatic carbocycles. The summed E-state index contributed by atoms with van der Waals surface area (Å²) in [6.45, 7) is 6.57. The van der Waals surface area contributed by atoms with Gasteiger partial charge in [0.2, 0.25) is 0 Å². The number of hydrogen-bond acceptors (Lipinski definition) is 6. The highest BCUT2D eigenvalue weighted by atomic mass is 16.7. The van der Waals surface area contributed by atoms with Crippen molar-refractivity contribution in [3.05, 3.63) is 23.8 Å². The zero-order valence-corrected chi connectivity index (χ0v) is 14.3. The highest BCUT2D eigenvalue weighted by Crippen LogP contribution is 2.45. The Morgan fingerprint density at radius 3 is 1.83 bits per heavy atom. The number of carbonyl (C=O) groups excluding carboxylic acids is 2. The summed E-state index contributed by atoms with van der Waals surface area (Å²) in [6, 6.07) is 5.28. The van der Waals surface area contributed by atoms with E-state index in [0.717, 1.165) is 0 Å². The summed E-state index contributed by atoms with van der Waals surface area (Å²) in [4.78, 5) is 24.9. The van der Waals surface area contributed by atoms with Gasteiger partial charge in [-0.05, 0) is 12.1 Å². The van der Waals surface area contributed by atoms with E-state index in [-0.39, 0.29) is 0 Å². The number of hydrogen-bond donors (Lipinski definition) is 0. The van der Waals surface area contributed by atoms with E-state index in [4.69, 9.17) is 18.9 Å². The Kier molecular flexibility index (Phi) is 4.28. The molecule has 0 aromatic heterocycles.